The first-order valence-corrected chi connectivity index (χ1v) is 5.76. The number of nitrogens with one attached hydrogen (secondary N) is 2. The molecule has 0 saturated carbocycles. The van der Waals surface area contributed by atoms with E-state index in [9.17, 15) is 4.79 Å². The van der Waals surface area contributed by atoms with Gasteiger partial charge in [0.25, 0.3) is 0 Å². The molecule has 0 radical (unpaired) electrons. The van der Waals surface area contributed by atoms with E-state index in [0.717, 1.165) is 6.54 Å². The van der Waals surface area contributed by atoms with Crippen molar-refractivity contribution in [2.75, 3.05) is 13.1 Å². The van der Waals surface area contributed by atoms with Crippen molar-refractivity contribution >= 4 is 5.91 Å². The minimum absolute atomic E-state index is 0.0737. The van der Waals surface area contributed by atoms with Crippen molar-refractivity contribution in [1.29, 1.82) is 0 Å². The van der Waals surface area contributed by atoms with E-state index in [1.54, 1.807) is 0 Å². The van der Waals surface area contributed by atoms with Gasteiger partial charge in [-0.3, -0.25) is 4.79 Å². The Bertz CT molecular complexity index is 198. The van der Waals surface area contributed by atoms with Crippen molar-refractivity contribution in [2.24, 2.45) is 11.3 Å². The molecule has 0 unspecified atom stereocenters. The van der Waals surface area contributed by atoms with E-state index in [-0.39, 0.29) is 17.4 Å². The molecule has 0 aliphatic rings. The molecule has 0 aliphatic carbocycles. The van der Waals surface area contributed by atoms with Crippen LogP contribution < -0.4 is 10.6 Å². The Kier molecular flexibility index (Phi) is 5.88. The van der Waals surface area contributed by atoms with Gasteiger partial charge in [0.05, 0.1) is 6.54 Å². The van der Waals surface area contributed by atoms with Gasteiger partial charge in [0, 0.05) is 12.6 Å². The van der Waals surface area contributed by atoms with Crippen molar-refractivity contribution in [3.05, 3.63) is 0 Å². The van der Waals surface area contributed by atoms with Crippen LogP contribution in [0.5, 0.6) is 0 Å². The third kappa shape index (κ3) is 6.50. The van der Waals surface area contributed by atoms with E-state index < -0.39 is 0 Å². The van der Waals surface area contributed by atoms with Crippen molar-refractivity contribution in [2.45, 2.75) is 47.6 Å². The molecule has 0 aromatic carbocycles. The molecule has 0 aromatic rings. The number of carbonyl (C=O) groups excluding carboxylic acids is 1. The molecule has 0 rings (SSSR count). The van der Waals surface area contributed by atoms with Crippen LogP contribution in [0.1, 0.15) is 41.5 Å². The quantitative estimate of drug-likeness (QED) is 0.707. The third-order valence-electron chi connectivity index (χ3n) is 2.88. The lowest BCUT2D eigenvalue weighted by Crippen LogP contribution is -2.41. The van der Waals surface area contributed by atoms with E-state index in [0.29, 0.717) is 12.5 Å². The van der Waals surface area contributed by atoms with Gasteiger partial charge in [-0.1, -0.05) is 27.7 Å². The SMILES string of the molecule is CC(C)NC(=O)CNCC(C)(C)C(C)C. The second kappa shape index (κ2) is 6.11. The zero-order valence-electron chi connectivity index (χ0n) is 11.0. The first-order chi connectivity index (χ1) is 6.75. The fraction of sp³-hybridized carbons (Fsp3) is 0.917. The molecular formula is C12H26N2O. The summed E-state index contributed by atoms with van der Waals surface area (Å²) >= 11 is 0. The molecule has 0 fully saturated rings. The molecule has 1 amide bonds. The Labute approximate surface area is 94.0 Å². The molecule has 0 aliphatic heterocycles. The van der Waals surface area contributed by atoms with Crippen molar-refractivity contribution in [3.8, 4) is 0 Å². The average molecular weight is 214 g/mol. The summed E-state index contributed by atoms with van der Waals surface area (Å²) in [5.74, 6) is 0.683. The molecule has 15 heavy (non-hydrogen) atoms. The summed E-state index contributed by atoms with van der Waals surface area (Å²) in [5.41, 5.74) is 0.234. The lowest BCUT2D eigenvalue weighted by atomic mass is 9.81. The summed E-state index contributed by atoms with van der Waals surface area (Å²) in [6.07, 6.45) is 0. The maximum Gasteiger partial charge on any atom is 0.234 e. The molecule has 2 N–H and O–H groups in total. The first kappa shape index (κ1) is 14.4. The van der Waals surface area contributed by atoms with Crippen LogP contribution in [0.3, 0.4) is 0 Å². The zero-order chi connectivity index (χ0) is 12.1. The maximum atomic E-state index is 11.3. The highest BCUT2D eigenvalue weighted by Gasteiger charge is 2.21. The normalized spacial score (nSPS) is 12.3. The van der Waals surface area contributed by atoms with Gasteiger partial charge >= 0.3 is 0 Å². The smallest absolute Gasteiger partial charge is 0.234 e. The van der Waals surface area contributed by atoms with Crippen LogP contribution in [0.4, 0.5) is 0 Å². The fourth-order valence-electron chi connectivity index (χ4n) is 1.08. The second-order valence-corrected chi connectivity index (χ2v) is 5.47. The van der Waals surface area contributed by atoms with Crippen LogP contribution in [0.15, 0.2) is 0 Å². The van der Waals surface area contributed by atoms with E-state index >= 15 is 0 Å². The van der Waals surface area contributed by atoms with Crippen LogP contribution in [-0.2, 0) is 4.79 Å². The van der Waals surface area contributed by atoms with E-state index in [2.05, 4.69) is 38.3 Å². The predicted molar refractivity (Wildman–Crippen MR) is 64.8 cm³/mol. The lowest BCUT2D eigenvalue weighted by molar-refractivity contribution is -0.120. The number of hydrogen-bond donors (Lipinski definition) is 2. The Morgan fingerprint density at radius 1 is 1.20 bits per heavy atom. The molecule has 3 heteroatoms. The Morgan fingerprint density at radius 3 is 2.13 bits per heavy atom. The average Bonchev–Trinajstić information content (AvgIpc) is 2.01. The van der Waals surface area contributed by atoms with Crippen LogP contribution in [0.2, 0.25) is 0 Å². The monoisotopic (exact) mass is 214 g/mol. The molecule has 90 valence electrons. The number of amides is 1. The largest absolute Gasteiger partial charge is 0.353 e. The molecule has 0 heterocycles. The minimum atomic E-state index is 0.0737. The Hall–Kier alpha value is -0.570. The van der Waals surface area contributed by atoms with E-state index in [1.807, 2.05) is 13.8 Å². The van der Waals surface area contributed by atoms with Gasteiger partial charge in [-0.2, -0.15) is 0 Å². The van der Waals surface area contributed by atoms with Gasteiger partial charge in [0.1, 0.15) is 0 Å². The molecule has 0 spiro atoms. The highest BCUT2D eigenvalue weighted by Crippen LogP contribution is 2.24. The molecule has 0 saturated heterocycles. The number of hydrogen-bond acceptors (Lipinski definition) is 2. The summed E-state index contributed by atoms with van der Waals surface area (Å²) in [5, 5.41) is 6.06. The summed E-state index contributed by atoms with van der Waals surface area (Å²) in [4.78, 5) is 11.3. The first-order valence-electron chi connectivity index (χ1n) is 5.76. The van der Waals surface area contributed by atoms with Gasteiger partial charge < -0.3 is 10.6 Å². The van der Waals surface area contributed by atoms with Gasteiger partial charge in [0.2, 0.25) is 5.91 Å². The summed E-state index contributed by atoms with van der Waals surface area (Å²) in [6, 6.07) is 0.220. The minimum Gasteiger partial charge on any atom is -0.353 e. The van der Waals surface area contributed by atoms with E-state index in [4.69, 9.17) is 0 Å². The van der Waals surface area contributed by atoms with Crippen molar-refractivity contribution < 1.29 is 4.79 Å². The number of rotatable bonds is 6. The van der Waals surface area contributed by atoms with Gasteiger partial charge in [-0.25, -0.2) is 0 Å². The van der Waals surface area contributed by atoms with E-state index in [1.165, 1.54) is 0 Å². The molecule has 0 bridgehead atoms. The molecular weight excluding hydrogens is 188 g/mol. The fourth-order valence-corrected chi connectivity index (χ4v) is 1.08. The van der Waals surface area contributed by atoms with Crippen molar-refractivity contribution in [1.82, 2.24) is 10.6 Å². The standard InChI is InChI=1S/C12H26N2O/c1-9(2)12(5,6)8-13-7-11(15)14-10(3)4/h9-10,13H,7-8H2,1-6H3,(H,14,15). The predicted octanol–water partition coefficient (Wildman–Crippen LogP) is 1.78. The lowest BCUT2D eigenvalue weighted by Gasteiger charge is -2.29. The molecule has 3 nitrogen and oxygen atoms in total. The molecule has 0 aromatic heterocycles. The maximum absolute atomic E-state index is 11.3. The molecule has 0 atom stereocenters. The topological polar surface area (TPSA) is 41.1 Å². The second-order valence-electron chi connectivity index (χ2n) is 5.47. The number of carbonyl (C=O) groups is 1. The summed E-state index contributed by atoms with van der Waals surface area (Å²) < 4.78 is 0. The summed E-state index contributed by atoms with van der Waals surface area (Å²) in [7, 11) is 0. The third-order valence-corrected chi connectivity index (χ3v) is 2.88. The highest BCUT2D eigenvalue weighted by atomic mass is 16.1. The van der Waals surface area contributed by atoms with Crippen LogP contribution >= 0.6 is 0 Å². The van der Waals surface area contributed by atoms with Crippen LogP contribution in [0, 0.1) is 11.3 Å². The highest BCUT2D eigenvalue weighted by molar-refractivity contribution is 5.78. The van der Waals surface area contributed by atoms with Gasteiger partial charge in [-0.05, 0) is 25.2 Å². The van der Waals surface area contributed by atoms with Crippen LogP contribution in [0.25, 0.3) is 0 Å². The zero-order valence-corrected chi connectivity index (χ0v) is 11.0. The van der Waals surface area contributed by atoms with Gasteiger partial charge in [0.15, 0.2) is 0 Å². The Balaban J connectivity index is 3.75. The summed E-state index contributed by atoms with van der Waals surface area (Å²) in [6.45, 7) is 14.1. The van der Waals surface area contributed by atoms with Crippen molar-refractivity contribution in [3.63, 3.8) is 0 Å². The van der Waals surface area contributed by atoms with Crippen LogP contribution in [-0.4, -0.2) is 25.0 Å². The van der Waals surface area contributed by atoms with Gasteiger partial charge in [-0.15, -0.1) is 0 Å². The Morgan fingerprint density at radius 2 is 1.73 bits per heavy atom.